The summed E-state index contributed by atoms with van der Waals surface area (Å²) in [6, 6.07) is 12.2. The van der Waals surface area contributed by atoms with E-state index in [0.717, 1.165) is 24.0 Å². The minimum absolute atomic E-state index is 0.121. The molecular weight excluding hydrogens is 469 g/mol. The first-order valence-electron chi connectivity index (χ1n) is 10.5. The summed E-state index contributed by atoms with van der Waals surface area (Å²) < 4.78 is 36.1. The van der Waals surface area contributed by atoms with E-state index in [9.17, 15) is 8.42 Å². The molecule has 0 radical (unpaired) electrons. The molecule has 0 N–H and O–H groups in total. The van der Waals surface area contributed by atoms with Gasteiger partial charge in [-0.15, -0.1) is 0 Å². The molecule has 0 amide bonds. The first kappa shape index (κ1) is 23.3. The fourth-order valence-corrected chi connectivity index (χ4v) is 5.64. The first-order valence-corrected chi connectivity index (χ1v) is 12.6. The second kappa shape index (κ2) is 9.93. The van der Waals surface area contributed by atoms with Crippen LogP contribution in [0.2, 0.25) is 10.0 Å². The van der Waals surface area contributed by atoms with Crippen LogP contribution in [0, 0.1) is 6.92 Å². The topological polar surface area (TPSA) is 64.4 Å². The van der Waals surface area contributed by atoms with E-state index in [4.69, 9.17) is 27.9 Å². The Morgan fingerprint density at radius 1 is 1.19 bits per heavy atom. The molecule has 0 bridgehead atoms. The Hall–Kier alpha value is -1.90. The molecule has 1 aliphatic rings. The lowest BCUT2D eigenvalue weighted by Crippen LogP contribution is -2.37. The highest BCUT2D eigenvalue weighted by atomic mass is 35.5. The van der Waals surface area contributed by atoms with Gasteiger partial charge in [-0.2, -0.15) is 4.31 Å². The monoisotopic (exact) mass is 493 g/mol. The number of halogens is 2. The Balaban J connectivity index is 1.62. The van der Waals surface area contributed by atoms with Gasteiger partial charge in [-0.3, -0.25) is 0 Å². The zero-order valence-electron chi connectivity index (χ0n) is 17.7. The minimum Gasteiger partial charge on any atom is -0.377 e. The van der Waals surface area contributed by atoms with Gasteiger partial charge in [0.1, 0.15) is 5.82 Å². The molecule has 2 aromatic carbocycles. The molecule has 3 aromatic rings. The van der Waals surface area contributed by atoms with Gasteiger partial charge in [0, 0.05) is 35.6 Å². The van der Waals surface area contributed by atoms with E-state index in [-0.39, 0.29) is 24.1 Å². The fraction of sp³-hybridized carbons (Fsp3) is 0.348. The maximum atomic E-state index is 13.5. The number of aromatic nitrogens is 2. The minimum atomic E-state index is -3.73. The lowest BCUT2D eigenvalue weighted by molar-refractivity contribution is 0.0920. The molecule has 2 heterocycles. The number of hydrogen-bond acceptors (Lipinski definition) is 4. The van der Waals surface area contributed by atoms with Crippen LogP contribution in [-0.4, -0.2) is 41.5 Å². The molecule has 1 fully saturated rings. The van der Waals surface area contributed by atoms with E-state index in [1.165, 1.54) is 4.31 Å². The van der Waals surface area contributed by atoms with Gasteiger partial charge < -0.3 is 9.30 Å². The summed E-state index contributed by atoms with van der Waals surface area (Å²) in [4.78, 5) is 4.71. The summed E-state index contributed by atoms with van der Waals surface area (Å²) in [5.74, 6) is 0.629. The van der Waals surface area contributed by atoms with Crippen LogP contribution in [0.3, 0.4) is 0 Å². The number of sulfonamides is 1. The van der Waals surface area contributed by atoms with Crippen molar-refractivity contribution in [3.05, 3.63) is 81.9 Å². The Morgan fingerprint density at radius 2 is 1.97 bits per heavy atom. The lowest BCUT2D eigenvalue weighted by Gasteiger charge is -2.25. The van der Waals surface area contributed by atoms with Crippen molar-refractivity contribution in [1.82, 2.24) is 13.9 Å². The number of nitrogens with zero attached hydrogens (tertiary/aromatic N) is 3. The summed E-state index contributed by atoms with van der Waals surface area (Å²) in [5.41, 5.74) is 1.88. The highest BCUT2D eigenvalue weighted by Gasteiger charge is 2.30. The van der Waals surface area contributed by atoms with Crippen molar-refractivity contribution in [2.45, 2.75) is 43.9 Å². The SMILES string of the molecule is Cc1ccc(S(=O)(=O)N(Cc2nccn2Cc2ccc(Cl)cc2Cl)CC2CCCO2)cc1. The second-order valence-electron chi connectivity index (χ2n) is 7.95. The lowest BCUT2D eigenvalue weighted by atomic mass is 10.2. The van der Waals surface area contributed by atoms with Crippen molar-refractivity contribution in [3.8, 4) is 0 Å². The van der Waals surface area contributed by atoms with Gasteiger partial charge in [0.25, 0.3) is 0 Å². The predicted octanol–water partition coefficient (Wildman–Crippen LogP) is 4.92. The van der Waals surface area contributed by atoms with Crippen LogP contribution >= 0.6 is 23.2 Å². The summed E-state index contributed by atoms with van der Waals surface area (Å²) in [7, 11) is -3.73. The predicted molar refractivity (Wildman–Crippen MR) is 126 cm³/mol. The number of imidazole rings is 1. The van der Waals surface area contributed by atoms with Crippen molar-refractivity contribution < 1.29 is 13.2 Å². The van der Waals surface area contributed by atoms with Gasteiger partial charge in [0.2, 0.25) is 10.0 Å². The van der Waals surface area contributed by atoms with Gasteiger partial charge in [0.15, 0.2) is 0 Å². The molecule has 1 aromatic heterocycles. The van der Waals surface area contributed by atoms with Crippen LogP contribution in [0.5, 0.6) is 0 Å². The molecule has 1 saturated heterocycles. The van der Waals surface area contributed by atoms with Gasteiger partial charge in [-0.25, -0.2) is 13.4 Å². The molecule has 1 aliphatic heterocycles. The Bertz CT molecular complexity index is 1170. The maximum Gasteiger partial charge on any atom is 0.243 e. The van der Waals surface area contributed by atoms with E-state index >= 15 is 0 Å². The maximum absolute atomic E-state index is 13.5. The number of benzene rings is 2. The first-order chi connectivity index (χ1) is 15.3. The van der Waals surface area contributed by atoms with Crippen LogP contribution in [0.15, 0.2) is 59.8 Å². The smallest absolute Gasteiger partial charge is 0.243 e. The molecule has 6 nitrogen and oxygen atoms in total. The van der Waals surface area contributed by atoms with Crippen molar-refractivity contribution in [2.24, 2.45) is 0 Å². The molecule has 9 heteroatoms. The summed E-state index contributed by atoms with van der Waals surface area (Å²) in [6.07, 6.45) is 5.15. The quantitative estimate of drug-likeness (QED) is 0.446. The third-order valence-electron chi connectivity index (χ3n) is 5.57. The van der Waals surface area contributed by atoms with Crippen LogP contribution in [0.4, 0.5) is 0 Å². The average Bonchev–Trinajstić information content (AvgIpc) is 3.42. The van der Waals surface area contributed by atoms with Gasteiger partial charge in [-0.1, -0.05) is 47.0 Å². The van der Waals surface area contributed by atoms with E-state index in [1.54, 1.807) is 42.6 Å². The van der Waals surface area contributed by atoms with Crippen molar-refractivity contribution in [3.63, 3.8) is 0 Å². The van der Waals surface area contributed by atoms with Gasteiger partial charge in [0.05, 0.1) is 24.1 Å². The molecular formula is C23H25Cl2N3O3S. The standard InChI is InChI=1S/C23H25Cl2N3O3S/c1-17-4-8-21(9-5-17)32(29,30)28(15-20-3-2-12-31-20)16-23-26-10-11-27(23)14-18-6-7-19(24)13-22(18)25/h4-11,13,20H,2-3,12,14-16H2,1H3. The fourth-order valence-electron chi connectivity index (χ4n) is 3.75. The Morgan fingerprint density at radius 3 is 2.66 bits per heavy atom. The van der Waals surface area contributed by atoms with Crippen LogP contribution in [-0.2, 0) is 27.8 Å². The third-order valence-corrected chi connectivity index (χ3v) is 7.98. The number of ether oxygens (including phenoxy) is 1. The highest BCUT2D eigenvalue weighted by Crippen LogP contribution is 2.25. The number of hydrogen-bond donors (Lipinski definition) is 0. The molecule has 32 heavy (non-hydrogen) atoms. The number of rotatable bonds is 8. The van der Waals surface area contributed by atoms with E-state index in [1.807, 2.05) is 23.8 Å². The third kappa shape index (κ3) is 5.35. The second-order valence-corrected chi connectivity index (χ2v) is 10.7. The molecule has 0 saturated carbocycles. The number of aryl methyl sites for hydroxylation is 1. The van der Waals surface area contributed by atoms with Crippen molar-refractivity contribution in [1.29, 1.82) is 0 Å². The van der Waals surface area contributed by atoms with Crippen LogP contribution in [0.25, 0.3) is 0 Å². The van der Waals surface area contributed by atoms with Crippen LogP contribution in [0.1, 0.15) is 29.8 Å². The van der Waals surface area contributed by atoms with Crippen LogP contribution < -0.4 is 0 Å². The molecule has 4 rings (SSSR count). The average molecular weight is 494 g/mol. The Kier molecular flexibility index (Phi) is 7.22. The van der Waals surface area contributed by atoms with Gasteiger partial charge in [-0.05, 0) is 49.6 Å². The molecule has 0 aliphatic carbocycles. The molecule has 0 spiro atoms. The zero-order chi connectivity index (χ0) is 22.7. The van der Waals surface area contributed by atoms with Crippen molar-refractivity contribution in [2.75, 3.05) is 13.2 Å². The normalized spacial score (nSPS) is 16.7. The largest absolute Gasteiger partial charge is 0.377 e. The highest BCUT2D eigenvalue weighted by molar-refractivity contribution is 7.89. The molecule has 170 valence electrons. The van der Waals surface area contributed by atoms with E-state index in [0.29, 0.717) is 29.0 Å². The van der Waals surface area contributed by atoms with E-state index in [2.05, 4.69) is 4.98 Å². The van der Waals surface area contributed by atoms with Crippen molar-refractivity contribution >= 4 is 33.2 Å². The van der Waals surface area contributed by atoms with E-state index < -0.39 is 10.0 Å². The summed E-state index contributed by atoms with van der Waals surface area (Å²) >= 11 is 12.4. The molecule has 1 unspecified atom stereocenters. The summed E-state index contributed by atoms with van der Waals surface area (Å²) in [5, 5.41) is 1.12. The van der Waals surface area contributed by atoms with Gasteiger partial charge >= 0.3 is 0 Å². The summed E-state index contributed by atoms with van der Waals surface area (Å²) in [6.45, 7) is 3.47. The Labute approximate surface area is 198 Å². The molecule has 1 atom stereocenters. The zero-order valence-corrected chi connectivity index (χ0v) is 20.1.